The Balaban J connectivity index is 2.54. The molecule has 1 aromatic carbocycles. The van der Waals surface area contributed by atoms with Gasteiger partial charge in [-0.05, 0) is 24.6 Å². The molecule has 1 rings (SSSR count). The summed E-state index contributed by atoms with van der Waals surface area (Å²) in [5.74, 6) is 5.76. The minimum atomic E-state index is -0.799. The van der Waals surface area contributed by atoms with Gasteiger partial charge in [0, 0.05) is 4.90 Å². The number of carboxylic acid groups (broad SMARTS) is 1. The Morgan fingerprint density at radius 1 is 1.40 bits per heavy atom. The molecule has 0 bridgehead atoms. The zero-order chi connectivity index (χ0) is 11.1. The van der Waals surface area contributed by atoms with Crippen molar-refractivity contribution in [1.82, 2.24) is 0 Å². The van der Waals surface area contributed by atoms with Crippen LogP contribution in [0.3, 0.4) is 0 Å². The van der Waals surface area contributed by atoms with E-state index in [9.17, 15) is 4.79 Å². The van der Waals surface area contributed by atoms with Gasteiger partial charge in [0.1, 0.15) is 0 Å². The molecule has 0 saturated carbocycles. The summed E-state index contributed by atoms with van der Waals surface area (Å²) in [6, 6.07) is 7.55. The fourth-order valence-corrected chi connectivity index (χ4v) is 1.78. The normalized spacial score (nSPS) is 9.13. The maximum Gasteiger partial charge on any atom is 0.307 e. The second-order valence-electron chi connectivity index (χ2n) is 2.93. The smallest absolute Gasteiger partial charge is 0.307 e. The molecular formula is C12H12O2S. The van der Waals surface area contributed by atoms with Crippen LogP contribution in [0.15, 0.2) is 29.2 Å². The maximum absolute atomic E-state index is 10.4. The number of hydrogen-bond acceptors (Lipinski definition) is 2. The lowest BCUT2D eigenvalue weighted by Gasteiger charge is -1.99. The Hall–Kier alpha value is -1.40. The van der Waals surface area contributed by atoms with Crippen LogP contribution in [0.4, 0.5) is 0 Å². The zero-order valence-electron chi connectivity index (χ0n) is 8.49. The summed E-state index contributed by atoms with van der Waals surface area (Å²) in [4.78, 5) is 11.6. The van der Waals surface area contributed by atoms with Gasteiger partial charge in [0.05, 0.1) is 12.2 Å². The fourth-order valence-electron chi connectivity index (χ4n) is 1.07. The Kier molecular flexibility index (Phi) is 4.79. The van der Waals surface area contributed by atoms with Crippen LogP contribution in [-0.2, 0) is 11.2 Å². The van der Waals surface area contributed by atoms with Gasteiger partial charge in [-0.1, -0.05) is 18.1 Å². The van der Waals surface area contributed by atoms with Crippen LogP contribution in [0.25, 0.3) is 0 Å². The summed E-state index contributed by atoms with van der Waals surface area (Å²) in [5.41, 5.74) is 0.827. The summed E-state index contributed by atoms with van der Waals surface area (Å²) < 4.78 is 0. The molecule has 0 amide bonds. The van der Waals surface area contributed by atoms with E-state index < -0.39 is 5.97 Å². The first-order valence-corrected chi connectivity index (χ1v) is 5.54. The van der Waals surface area contributed by atoms with Gasteiger partial charge < -0.3 is 5.11 Å². The highest BCUT2D eigenvalue weighted by atomic mass is 32.2. The highest BCUT2D eigenvalue weighted by Crippen LogP contribution is 2.17. The first kappa shape index (κ1) is 11.7. The molecule has 0 saturated heterocycles. The Morgan fingerprint density at radius 2 is 2.07 bits per heavy atom. The van der Waals surface area contributed by atoms with Crippen LogP contribution in [-0.4, -0.2) is 16.8 Å². The molecule has 0 spiro atoms. The van der Waals surface area contributed by atoms with E-state index >= 15 is 0 Å². The van der Waals surface area contributed by atoms with E-state index in [0.717, 1.165) is 16.2 Å². The minimum absolute atomic E-state index is 0.0830. The number of carbonyl (C=O) groups is 1. The standard InChI is InChI=1S/C12H12O2S/c1-2-3-8-15-11-6-4-10(5-7-11)9-12(13)14/h4-7H,8-9H2,1H3,(H,13,14). The molecular weight excluding hydrogens is 208 g/mol. The largest absolute Gasteiger partial charge is 0.481 e. The van der Waals surface area contributed by atoms with Crippen molar-refractivity contribution in [1.29, 1.82) is 0 Å². The van der Waals surface area contributed by atoms with Gasteiger partial charge in [-0.25, -0.2) is 0 Å². The molecule has 0 aromatic heterocycles. The third kappa shape index (κ3) is 4.57. The Morgan fingerprint density at radius 3 is 2.60 bits per heavy atom. The summed E-state index contributed by atoms with van der Waals surface area (Å²) in [6.07, 6.45) is 0.0830. The van der Waals surface area contributed by atoms with E-state index in [2.05, 4.69) is 11.8 Å². The number of aliphatic carboxylic acids is 1. The Bertz CT molecular complexity index is 384. The molecule has 0 aliphatic carbocycles. The topological polar surface area (TPSA) is 37.3 Å². The second-order valence-corrected chi connectivity index (χ2v) is 3.98. The van der Waals surface area contributed by atoms with Gasteiger partial charge in [0.25, 0.3) is 0 Å². The van der Waals surface area contributed by atoms with E-state index in [-0.39, 0.29) is 6.42 Å². The van der Waals surface area contributed by atoms with Crippen LogP contribution in [0.5, 0.6) is 0 Å². The molecule has 0 fully saturated rings. The number of benzene rings is 1. The van der Waals surface area contributed by atoms with Gasteiger partial charge in [-0.15, -0.1) is 17.7 Å². The first-order chi connectivity index (χ1) is 7.22. The van der Waals surface area contributed by atoms with Crippen molar-refractivity contribution >= 4 is 17.7 Å². The molecule has 1 N–H and O–H groups in total. The molecule has 0 atom stereocenters. The number of carboxylic acids is 1. The van der Waals surface area contributed by atoms with Gasteiger partial charge >= 0.3 is 5.97 Å². The van der Waals surface area contributed by atoms with Crippen LogP contribution in [0, 0.1) is 11.8 Å². The predicted molar refractivity (Wildman–Crippen MR) is 62.0 cm³/mol. The molecule has 0 aliphatic heterocycles. The third-order valence-electron chi connectivity index (χ3n) is 1.77. The Labute approximate surface area is 93.7 Å². The molecule has 1 aromatic rings. The summed E-state index contributed by atoms with van der Waals surface area (Å²) in [5, 5.41) is 8.59. The van der Waals surface area contributed by atoms with Crippen molar-refractivity contribution < 1.29 is 9.90 Å². The average molecular weight is 220 g/mol. The molecule has 2 nitrogen and oxygen atoms in total. The van der Waals surface area contributed by atoms with E-state index in [4.69, 9.17) is 5.11 Å². The zero-order valence-corrected chi connectivity index (χ0v) is 9.30. The quantitative estimate of drug-likeness (QED) is 0.625. The molecule has 0 heterocycles. The van der Waals surface area contributed by atoms with E-state index in [1.54, 1.807) is 11.8 Å². The van der Waals surface area contributed by atoms with Crippen molar-refractivity contribution in [3.63, 3.8) is 0 Å². The van der Waals surface area contributed by atoms with Crippen LogP contribution in [0.1, 0.15) is 12.5 Å². The van der Waals surface area contributed by atoms with Crippen LogP contribution in [0.2, 0.25) is 0 Å². The maximum atomic E-state index is 10.4. The molecule has 0 aliphatic rings. The van der Waals surface area contributed by atoms with E-state index in [1.165, 1.54) is 0 Å². The van der Waals surface area contributed by atoms with Crippen molar-refractivity contribution in [2.24, 2.45) is 0 Å². The van der Waals surface area contributed by atoms with Crippen LogP contribution < -0.4 is 0 Å². The van der Waals surface area contributed by atoms with Crippen molar-refractivity contribution in [3.8, 4) is 11.8 Å². The highest BCUT2D eigenvalue weighted by Gasteiger charge is 1.99. The lowest BCUT2D eigenvalue weighted by molar-refractivity contribution is -0.136. The minimum Gasteiger partial charge on any atom is -0.481 e. The SMILES string of the molecule is CC#CCSc1ccc(CC(=O)O)cc1. The average Bonchev–Trinajstić information content (AvgIpc) is 2.20. The molecule has 0 radical (unpaired) electrons. The predicted octanol–water partition coefficient (Wildman–Crippen LogP) is 2.43. The molecule has 3 heteroatoms. The highest BCUT2D eigenvalue weighted by molar-refractivity contribution is 7.99. The number of rotatable bonds is 4. The van der Waals surface area contributed by atoms with Gasteiger partial charge in [-0.3, -0.25) is 4.79 Å². The van der Waals surface area contributed by atoms with Gasteiger partial charge in [0.15, 0.2) is 0 Å². The molecule has 15 heavy (non-hydrogen) atoms. The van der Waals surface area contributed by atoms with Crippen molar-refractivity contribution in [3.05, 3.63) is 29.8 Å². The summed E-state index contributed by atoms with van der Waals surface area (Å²) in [7, 11) is 0. The lowest BCUT2D eigenvalue weighted by Crippen LogP contribution is -1.99. The fraction of sp³-hybridized carbons (Fsp3) is 0.250. The lowest BCUT2D eigenvalue weighted by atomic mass is 10.2. The monoisotopic (exact) mass is 220 g/mol. The summed E-state index contributed by atoms with van der Waals surface area (Å²) >= 11 is 1.65. The first-order valence-electron chi connectivity index (χ1n) is 4.55. The molecule has 78 valence electrons. The van der Waals surface area contributed by atoms with Gasteiger partial charge in [0.2, 0.25) is 0 Å². The van der Waals surface area contributed by atoms with Crippen molar-refractivity contribution in [2.45, 2.75) is 18.2 Å². The van der Waals surface area contributed by atoms with Crippen LogP contribution >= 0.6 is 11.8 Å². The third-order valence-corrected chi connectivity index (χ3v) is 2.66. The van der Waals surface area contributed by atoms with E-state index in [0.29, 0.717) is 0 Å². The van der Waals surface area contributed by atoms with E-state index in [1.807, 2.05) is 31.2 Å². The molecule has 0 unspecified atom stereocenters. The number of thioether (sulfide) groups is 1. The van der Waals surface area contributed by atoms with Gasteiger partial charge in [-0.2, -0.15) is 0 Å². The summed E-state index contributed by atoms with van der Waals surface area (Å²) in [6.45, 7) is 1.82. The van der Waals surface area contributed by atoms with Crippen molar-refractivity contribution in [2.75, 3.05) is 5.75 Å². The number of hydrogen-bond donors (Lipinski definition) is 1. The second kappa shape index (κ2) is 6.15.